The first-order valence-electron chi connectivity index (χ1n) is 7.28. The second-order valence-corrected chi connectivity index (χ2v) is 5.01. The van der Waals surface area contributed by atoms with Crippen LogP contribution in [0.1, 0.15) is 24.9 Å². The lowest BCUT2D eigenvalue weighted by atomic mass is 10.1. The van der Waals surface area contributed by atoms with E-state index in [-0.39, 0.29) is 0 Å². The lowest BCUT2D eigenvalue weighted by Gasteiger charge is -2.24. The lowest BCUT2D eigenvalue weighted by molar-refractivity contribution is 0.156. The first-order valence-corrected chi connectivity index (χ1v) is 7.28. The van der Waals surface area contributed by atoms with Crippen molar-refractivity contribution in [3.05, 3.63) is 29.8 Å². The molecule has 1 atom stereocenters. The van der Waals surface area contributed by atoms with Gasteiger partial charge in [-0.15, -0.1) is 0 Å². The molecule has 0 aliphatic rings. The van der Waals surface area contributed by atoms with Gasteiger partial charge in [-0.1, -0.05) is 19.1 Å². The van der Waals surface area contributed by atoms with Crippen LogP contribution in [-0.4, -0.2) is 52.4 Å². The largest absolute Gasteiger partial charge is 0.494 e. The van der Waals surface area contributed by atoms with Crippen LogP contribution in [0.4, 0.5) is 0 Å². The van der Waals surface area contributed by atoms with Crippen LogP contribution in [-0.2, 0) is 4.74 Å². The van der Waals surface area contributed by atoms with Crippen molar-refractivity contribution >= 4 is 0 Å². The van der Waals surface area contributed by atoms with E-state index in [0.717, 1.165) is 38.5 Å². The molecule has 114 valence electrons. The number of rotatable bonds is 10. The minimum atomic E-state index is 0.317. The fraction of sp³-hybridized carbons (Fsp3) is 0.625. The Balaban J connectivity index is 2.55. The summed E-state index contributed by atoms with van der Waals surface area (Å²) in [6, 6.07) is 8.68. The fourth-order valence-corrected chi connectivity index (χ4v) is 2.03. The van der Waals surface area contributed by atoms with Crippen molar-refractivity contribution in [3.63, 3.8) is 0 Å². The zero-order valence-electron chi connectivity index (χ0n) is 13.2. The highest BCUT2D eigenvalue weighted by atomic mass is 16.5. The molecule has 0 saturated heterocycles. The van der Waals surface area contributed by atoms with Crippen LogP contribution in [0.3, 0.4) is 0 Å². The number of likely N-dealkylation sites (N-methyl/N-ethyl adjacent to an activating group) is 2. The number of methoxy groups -OCH3 is 1. The molecule has 0 radical (unpaired) electrons. The molecule has 1 aromatic carbocycles. The van der Waals surface area contributed by atoms with Crippen LogP contribution in [0.5, 0.6) is 5.75 Å². The van der Waals surface area contributed by atoms with E-state index < -0.39 is 0 Å². The summed E-state index contributed by atoms with van der Waals surface area (Å²) in [5.41, 5.74) is 1.28. The third-order valence-electron chi connectivity index (χ3n) is 3.28. The van der Waals surface area contributed by atoms with Gasteiger partial charge in [0.1, 0.15) is 5.75 Å². The topological polar surface area (TPSA) is 33.7 Å². The predicted octanol–water partition coefficient (Wildman–Crippen LogP) is 2.31. The third kappa shape index (κ3) is 5.90. The molecule has 0 fully saturated rings. The van der Waals surface area contributed by atoms with Crippen LogP contribution in [0.15, 0.2) is 24.3 Å². The Labute approximate surface area is 123 Å². The highest BCUT2D eigenvalue weighted by Gasteiger charge is 2.12. The monoisotopic (exact) mass is 280 g/mol. The third-order valence-corrected chi connectivity index (χ3v) is 3.28. The van der Waals surface area contributed by atoms with E-state index in [1.165, 1.54) is 5.56 Å². The van der Waals surface area contributed by atoms with Gasteiger partial charge in [-0.3, -0.25) is 0 Å². The highest BCUT2D eigenvalue weighted by molar-refractivity contribution is 5.29. The number of hydrogen-bond donors (Lipinski definition) is 1. The van der Waals surface area contributed by atoms with Crippen molar-refractivity contribution in [2.45, 2.75) is 19.4 Å². The molecule has 4 heteroatoms. The second-order valence-electron chi connectivity index (χ2n) is 5.01. The van der Waals surface area contributed by atoms with E-state index in [2.05, 4.69) is 36.3 Å². The Morgan fingerprint density at radius 3 is 2.45 bits per heavy atom. The molecule has 0 amide bonds. The first-order chi connectivity index (χ1) is 9.71. The highest BCUT2D eigenvalue weighted by Crippen LogP contribution is 2.18. The van der Waals surface area contributed by atoms with Crippen molar-refractivity contribution in [1.29, 1.82) is 0 Å². The Kier molecular flexibility index (Phi) is 8.26. The molecule has 0 saturated carbocycles. The van der Waals surface area contributed by atoms with Gasteiger partial charge in [0.05, 0.1) is 13.2 Å². The molecular formula is C16H28N2O2. The molecule has 0 heterocycles. The Hall–Kier alpha value is -1.10. The van der Waals surface area contributed by atoms with E-state index >= 15 is 0 Å². The van der Waals surface area contributed by atoms with E-state index in [9.17, 15) is 0 Å². The molecule has 0 aliphatic heterocycles. The maximum atomic E-state index is 5.61. The summed E-state index contributed by atoms with van der Waals surface area (Å²) in [5, 5.41) is 3.37. The Bertz CT molecular complexity index is 354. The minimum absolute atomic E-state index is 0.317. The minimum Gasteiger partial charge on any atom is -0.494 e. The SMILES string of the molecule is CCCOc1ccc(C(CN(C)CCOC)NC)cc1. The van der Waals surface area contributed by atoms with Crippen LogP contribution < -0.4 is 10.1 Å². The van der Waals surface area contributed by atoms with E-state index in [1.54, 1.807) is 7.11 Å². The van der Waals surface area contributed by atoms with E-state index in [0.29, 0.717) is 6.04 Å². The molecule has 20 heavy (non-hydrogen) atoms. The quantitative estimate of drug-likeness (QED) is 0.713. The van der Waals surface area contributed by atoms with Gasteiger partial charge < -0.3 is 19.7 Å². The summed E-state index contributed by atoms with van der Waals surface area (Å²) in [5.74, 6) is 0.943. The van der Waals surface area contributed by atoms with Gasteiger partial charge in [-0.25, -0.2) is 0 Å². The molecule has 0 spiro atoms. The summed E-state index contributed by atoms with van der Waals surface area (Å²) >= 11 is 0. The second kappa shape index (κ2) is 9.75. The predicted molar refractivity (Wildman–Crippen MR) is 83.4 cm³/mol. The van der Waals surface area contributed by atoms with Crippen LogP contribution in [0.2, 0.25) is 0 Å². The standard InChI is InChI=1S/C16H28N2O2/c1-5-11-20-15-8-6-14(7-9-15)16(17-2)13-18(3)10-12-19-4/h6-9,16-17H,5,10-13H2,1-4H3. The van der Waals surface area contributed by atoms with Gasteiger partial charge in [-0.2, -0.15) is 0 Å². The number of hydrogen-bond acceptors (Lipinski definition) is 4. The normalized spacial score (nSPS) is 12.7. The summed E-state index contributed by atoms with van der Waals surface area (Å²) in [6.45, 7) is 5.54. The molecule has 4 nitrogen and oxygen atoms in total. The zero-order chi connectivity index (χ0) is 14.8. The summed E-state index contributed by atoms with van der Waals surface area (Å²) in [4.78, 5) is 2.27. The molecule has 1 rings (SSSR count). The molecule has 1 aromatic rings. The Morgan fingerprint density at radius 2 is 1.90 bits per heavy atom. The molecule has 1 N–H and O–H groups in total. The fourth-order valence-electron chi connectivity index (χ4n) is 2.03. The Morgan fingerprint density at radius 1 is 1.20 bits per heavy atom. The van der Waals surface area contributed by atoms with Gasteiger partial charge in [0, 0.05) is 26.2 Å². The van der Waals surface area contributed by atoms with E-state index in [4.69, 9.17) is 9.47 Å². The molecule has 1 unspecified atom stereocenters. The van der Waals surface area contributed by atoms with Gasteiger partial charge in [-0.05, 0) is 38.2 Å². The maximum absolute atomic E-state index is 5.61. The molecular weight excluding hydrogens is 252 g/mol. The van der Waals surface area contributed by atoms with Crippen molar-refractivity contribution in [2.75, 3.05) is 47.5 Å². The zero-order valence-corrected chi connectivity index (χ0v) is 13.2. The number of nitrogens with zero attached hydrogens (tertiary/aromatic N) is 1. The number of ether oxygens (including phenoxy) is 2. The van der Waals surface area contributed by atoms with Crippen molar-refractivity contribution < 1.29 is 9.47 Å². The summed E-state index contributed by atoms with van der Waals surface area (Å²) in [7, 11) is 5.84. The lowest BCUT2D eigenvalue weighted by Crippen LogP contribution is -2.33. The van der Waals surface area contributed by atoms with Crippen molar-refractivity contribution in [1.82, 2.24) is 10.2 Å². The van der Waals surface area contributed by atoms with Crippen molar-refractivity contribution in [3.8, 4) is 5.75 Å². The molecule has 0 aliphatic carbocycles. The maximum Gasteiger partial charge on any atom is 0.119 e. The van der Waals surface area contributed by atoms with Crippen LogP contribution in [0.25, 0.3) is 0 Å². The first kappa shape index (κ1) is 17.0. The van der Waals surface area contributed by atoms with Crippen LogP contribution >= 0.6 is 0 Å². The van der Waals surface area contributed by atoms with E-state index in [1.807, 2.05) is 19.2 Å². The molecule has 0 bridgehead atoms. The summed E-state index contributed by atoms with van der Waals surface area (Å²) in [6.07, 6.45) is 1.03. The number of benzene rings is 1. The number of nitrogens with one attached hydrogen (secondary N) is 1. The molecule has 0 aromatic heterocycles. The van der Waals surface area contributed by atoms with Crippen LogP contribution in [0, 0.1) is 0 Å². The van der Waals surface area contributed by atoms with Gasteiger partial charge in [0.15, 0.2) is 0 Å². The summed E-state index contributed by atoms with van der Waals surface area (Å²) < 4.78 is 10.7. The van der Waals surface area contributed by atoms with Crippen molar-refractivity contribution in [2.24, 2.45) is 0 Å². The van der Waals surface area contributed by atoms with Gasteiger partial charge in [0.25, 0.3) is 0 Å². The van der Waals surface area contributed by atoms with Gasteiger partial charge >= 0.3 is 0 Å². The van der Waals surface area contributed by atoms with Gasteiger partial charge in [0.2, 0.25) is 0 Å². The average Bonchev–Trinajstić information content (AvgIpc) is 2.49. The average molecular weight is 280 g/mol. The smallest absolute Gasteiger partial charge is 0.119 e.